The molecule has 0 bridgehead atoms. The molecular formula is C17H16ClFN2O2. The van der Waals surface area contributed by atoms with E-state index in [1.165, 1.54) is 18.3 Å². The maximum atomic E-state index is 14.0. The Hall–Kier alpha value is -2.14. The molecule has 1 saturated heterocycles. The van der Waals surface area contributed by atoms with Crippen molar-refractivity contribution in [2.75, 3.05) is 6.54 Å². The van der Waals surface area contributed by atoms with E-state index in [0.717, 1.165) is 12.8 Å². The van der Waals surface area contributed by atoms with E-state index in [2.05, 4.69) is 4.98 Å². The largest absolute Gasteiger partial charge is 0.335 e. The number of carbonyl (C=O) groups excluding carboxylic acids is 1. The van der Waals surface area contributed by atoms with Crippen LogP contribution in [-0.2, 0) is 6.42 Å². The van der Waals surface area contributed by atoms with Crippen molar-refractivity contribution in [1.29, 1.82) is 0 Å². The van der Waals surface area contributed by atoms with Crippen molar-refractivity contribution in [2.45, 2.75) is 25.3 Å². The third kappa shape index (κ3) is 3.29. The molecule has 1 atom stereocenters. The molecule has 23 heavy (non-hydrogen) atoms. The first-order chi connectivity index (χ1) is 11.1. The van der Waals surface area contributed by atoms with E-state index in [1.54, 1.807) is 23.1 Å². The second kappa shape index (κ2) is 6.54. The molecule has 4 nitrogen and oxygen atoms in total. The fourth-order valence-electron chi connectivity index (χ4n) is 3.02. The van der Waals surface area contributed by atoms with Crippen LogP contribution in [0, 0.1) is 5.82 Å². The molecule has 2 heterocycles. The van der Waals surface area contributed by atoms with Gasteiger partial charge in [-0.25, -0.2) is 4.39 Å². The van der Waals surface area contributed by atoms with Crippen LogP contribution in [0.15, 0.2) is 41.3 Å². The Bertz CT molecular complexity index is 770. The molecule has 0 spiro atoms. The molecule has 1 aliphatic rings. The number of nitrogens with zero attached hydrogens (tertiary/aromatic N) is 1. The number of nitrogens with one attached hydrogen (secondary N) is 1. The number of aromatic amines is 1. The number of aromatic nitrogens is 1. The summed E-state index contributed by atoms with van der Waals surface area (Å²) in [4.78, 5) is 28.2. The molecule has 0 radical (unpaired) electrons. The fourth-order valence-corrected chi connectivity index (χ4v) is 3.26. The molecule has 1 aromatic carbocycles. The summed E-state index contributed by atoms with van der Waals surface area (Å²) in [6.45, 7) is 0.600. The highest BCUT2D eigenvalue weighted by Crippen LogP contribution is 2.27. The number of benzene rings is 1. The first-order valence-corrected chi connectivity index (χ1v) is 7.86. The smallest absolute Gasteiger partial charge is 0.254 e. The lowest BCUT2D eigenvalue weighted by atomic mass is 10.0. The summed E-state index contributed by atoms with van der Waals surface area (Å²) < 4.78 is 14.0. The lowest BCUT2D eigenvalue weighted by Crippen LogP contribution is -2.37. The van der Waals surface area contributed by atoms with Crippen LogP contribution in [0.5, 0.6) is 0 Å². The van der Waals surface area contributed by atoms with Crippen LogP contribution in [0.3, 0.4) is 0 Å². The zero-order chi connectivity index (χ0) is 16.4. The average Bonchev–Trinajstić information content (AvgIpc) is 2.98. The molecule has 1 amide bonds. The summed E-state index contributed by atoms with van der Waals surface area (Å²) in [5.74, 6) is -0.556. The predicted octanol–water partition coefficient (Wildman–Crippen LogP) is 3.01. The molecule has 1 aliphatic heterocycles. The Labute approximate surface area is 137 Å². The molecule has 1 fully saturated rings. The van der Waals surface area contributed by atoms with E-state index in [1.807, 2.05) is 0 Å². The maximum Gasteiger partial charge on any atom is 0.254 e. The Morgan fingerprint density at radius 1 is 1.39 bits per heavy atom. The van der Waals surface area contributed by atoms with Gasteiger partial charge in [-0.3, -0.25) is 9.59 Å². The molecule has 120 valence electrons. The van der Waals surface area contributed by atoms with Crippen molar-refractivity contribution in [3.8, 4) is 0 Å². The molecule has 1 unspecified atom stereocenters. The zero-order valence-electron chi connectivity index (χ0n) is 12.4. The summed E-state index contributed by atoms with van der Waals surface area (Å²) in [5.41, 5.74) is 0.466. The molecular weight excluding hydrogens is 319 g/mol. The monoisotopic (exact) mass is 334 g/mol. The van der Waals surface area contributed by atoms with Crippen LogP contribution in [-0.4, -0.2) is 28.4 Å². The second-order valence-electron chi connectivity index (χ2n) is 5.64. The lowest BCUT2D eigenvalue weighted by Gasteiger charge is -2.25. The summed E-state index contributed by atoms with van der Waals surface area (Å²) in [6, 6.07) is 7.34. The van der Waals surface area contributed by atoms with Crippen LogP contribution < -0.4 is 5.56 Å². The van der Waals surface area contributed by atoms with E-state index in [0.29, 0.717) is 29.1 Å². The van der Waals surface area contributed by atoms with Crippen molar-refractivity contribution >= 4 is 17.5 Å². The van der Waals surface area contributed by atoms with Gasteiger partial charge in [0.25, 0.3) is 5.91 Å². The van der Waals surface area contributed by atoms with Gasteiger partial charge in [0.05, 0.1) is 0 Å². The number of pyridine rings is 1. The van der Waals surface area contributed by atoms with E-state index in [-0.39, 0.29) is 23.3 Å². The minimum Gasteiger partial charge on any atom is -0.335 e. The van der Waals surface area contributed by atoms with Gasteiger partial charge in [0.15, 0.2) is 0 Å². The predicted molar refractivity (Wildman–Crippen MR) is 86.2 cm³/mol. The first kappa shape index (κ1) is 15.7. The topological polar surface area (TPSA) is 53.2 Å². The molecule has 6 heteroatoms. The number of rotatable bonds is 3. The number of likely N-dealkylation sites (tertiary alicyclic amines) is 1. The number of hydrogen-bond acceptors (Lipinski definition) is 2. The number of H-pyrrole nitrogens is 1. The van der Waals surface area contributed by atoms with Crippen molar-refractivity contribution < 1.29 is 9.18 Å². The Kier molecular flexibility index (Phi) is 4.48. The van der Waals surface area contributed by atoms with Gasteiger partial charge in [-0.1, -0.05) is 17.7 Å². The van der Waals surface area contributed by atoms with Gasteiger partial charge < -0.3 is 9.88 Å². The van der Waals surface area contributed by atoms with Crippen LogP contribution in [0.1, 0.15) is 28.8 Å². The van der Waals surface area contributed by atoms with Crippen molar-refractivity contribution in [2.24, 2.45) is 0 Å². The van der Waals surface area contributed by atoms with Gasteiger partial charge in [0.2, 0.25) is 5.56 Å². The lowest BCUT2D eigenvalue weighted by molar-refractivity contribution is 0.0735. The molecule has 1 N–H and O–H groups in total. The summed E-state index contributed by atoms with van der Waals surface area (Å²) in [7, 11) is 0. The molecule has 1 aromatic heterocycles. The number of halogens is 2. The molecule has 3 rings (SSSR count). The van der Waals surface area contributed by atoms with E-state index in [9.17, 15) is 14.0 Å². The SMILES string of the molecule is O=C(c1cc[nH]c(=O)c1)N1CCCC1Cc1c(F)cccc1Cl. The molecule has 0 saturated carbocycles. The highest BCUT2D eigenvalue weighted by Gasteiger charge is 2.30. The van der Waals surface area contributed by atoms with E-state index < -0.39 is 0 Å². The maximum absolute atomic E-state index is 14.0. The number of amides is 1. The van der Waals surface area contributed by atoms with E-state index >= 15 is 0 Å². The third-order valence-corrected chi connectivity index (χ3v) is 4.52. The number of carbonyl (C=O) groups is 1. The Morgan fingerprint density at radius 2 is 2.22 bits per heavy atom. The Morgan fingerprint density at radius 3 is 2.96 bits per heavy atom. The summed E-state index contributed by atoms with van der Waals surface area (Å²) >= 11 is 6.08. The minimum absolute atomic E-state index is 0.115. The standard InChI is InChI=1S/C17H16ClFN2O2/c18-14-4-1-5-15(19)13(14)10-12-3-2-8-21(12)17(23)11-6-7-20-16(22)9-11/h1,4-7,9,12H,2-3,8,10H2,(H,20,22). The average molecular weight is 335 g/mol. The van der Waals surface area contributed by atoms with Gasteiger partial charge in [-0.15, -0.1) is 0 Å². The normalized spacial score (nSPS) is 17.5. The van der Waals surface area contributed by atoms with Gasteiger partial charge >= 0.3 is 0 Å². The molecule has 0 aliphatic carbocycles. The number of hydrogen-bond donors (Lipinski definition) is 1. The first-order valence-electron chi connectivity index (χ1n) is 7.49. The third-order valence-electron chi connectivity index (χ3n) is 4.16. The molecule has 2 aromatic rings. The van der Waals surface area contributed by atoms with E-state index in [4.69, 9.17) is 11.6 Å². The van der Waals surface area contributed by atoms with Gasteiger partial charge in [-0.05, 0) is 37.5 Å². The highest BCUT2D eigenvalue weighted by atomic mass is 35.5. The van der Waals surface area contributed by atoms with Crippen LogP contribution in [0.25, 0.3) is 0 Å². The fraction of sp³-hybridized carbons (Fsp3) is 0.294. The zero-order valence-corrected chi connectivity index (χ0v) is 13.1. The van der Waals surface area contributed by atoms with Crippen LogP contribution in [0.2, 0.25) is 5.02 Å². The van der Waals surface area contributed by atoms with Crippen molar-refractivity contribution in [1.82, 2.24) is 9.88 Å². The van der Waals surface area contributed by atoms with Crippen LogP contribution >= 0.6 is 11.6 Å². The quantitative estimate of drug-likeness (QED) is 0.938. The van der Waals surface area contributed by atoms with Crippen LogP contribution in [0.4, 0.5) is 4.39 Å². The minimum atomic E-state index is -0.354. The summed E-state index contributed by atoms with van der Waals surface area (Å²) in [6.07, 6.45) is 3.47. The van der Waals surface area contributed by atoms with Gasteiger partial charge in [-0.2, -0.15) is 0 Å². The second-order valence-corrected chi connectivity index (χ2v) is 6.05. The van der Waals surface area contributed by atoms with Crippen molar-refractivity contribution in [3.05, 3.63) is 68.8 Å². The van der Waals surface area contributed by atoms with Crippen molar-refractivity contribution in [3.63, 3.8) is 0 Å². The highest BCUT2D eigenvalue weighted by molar-refractivity contribution is 6.31. The van der Waals surface area contributed by atoms with Gasteiger partial charge in [0.1, 0.15) is 5.82 Å². The van der Waals surface area contributed by atoms with Gasteiger partial charge in [0, 0.05) is 41.0 Å². The Balaban J connectivity index is 1.83. The summed E-state index contributed by atoms with van der Waals surface area (Å²) in [5, 5.41) is 0.375.